The molecule has 0 unspecified atom stereocenters. The van der Waals surface area contributed by atoms with Gasteiger partial charge < -0.3 is 5.32 Å². The van der Waals surface area contributed by atoms with Crippen molar-refractivity contribution in [2.24, 2.45) is 5.92 Å². The van der Waals surface area contributed by atoms with Crippen LogP contribution in [0.1, 0.15) is 19.4 Å². The molecule has 2 N–H and O–H groups in total. The highest BCUT2D eigenvalue weighted by Gasteiger charge is 2.14. The lowest BCUT2D eigenvalue weighted by atomic mass is 10.2. The lowest BCUT2D eigenvalue weighted by Gasteiger charge is -2.12. The molecule has 4 nitrogen and oxygen atoms in total. The maximum atomic E-state index is 12.0. The summed E-state index contributed by atoms with van der Waals surface area (Å²) in [5.41, 5.74) is 1.01. The molecule has 6 heteroatoms. The van der Waals surface area contributed by atoms with Crippen molar-refractivity contribution in [1.82, 2.24) is 10.0 Å². The Labute approximate surface area is 114 Å². The first-order valence-electron chi connectivity index (χ1n) is 5.68. The lowest BCUT2D eigenvalue weighted by Crippen LogP contribution is -2.40. The maximum Gasteiger partial charge on any atom is 0.263 e. The van der Waals surface area contributed by atoms with Gasteiger partial charge in [-0.1, -0.05) is 31.5 Å². The molecule has 0 heterocycles. The summed E-state index contributed by atoms with van der Waals surface area (Å²) in [7, 11) is -3.58. The molecule has 0 aliphatic rings. The number of aryl methyl sites for hydroxylation is 1. The van der Waals surface area contributed by atoms with Crippen LogP contribution in [0, 0.1) is 12.8 Å². The number of hydrogen-bond acceptors (Lipinski definition) is 3. The molecule has 1 rings (SSSR count). The van der Waals surface area contributed by atoms with E-state index in [0.717, 1.165) is 5.56 Å². The topological polar surface area (TPSA) is 58.2 Å². The van der Waals surface area contributed by atoms with Crippen LogP contribution in [0.15, 0.2) is 29.2 Å². The molecule has 18 heavy (non-hydrogen) atoms. The minimum Gasteiger partial charge on any atom is -0.362 e. The Balaban J connectivity index is 2.70. The van der Waals surface area contributed by atoms with Gasteiger partial charge in [0.05, 0.1) is 4.90 Å². The molecule has 0 aliphatic carbocycles. The van der Waals surface area contributed by atoms with Crippen LogP contribution < -0.4 is 10.0 Å². The molecule has 0 saturated carbocycles. The second-order valence-corrected chi connectivity index (χ2v) is 6.61. The summed E-state index contributed by atoms with van der Waals surface area (Å²) in [6.07, 6.45) is 0. The van der Waals surface area contributed by atoms with E-state index in [1.807, 2.05) is 20.8 Å². The van der Waals surface area contributed by atoms with E-state index in [2.05, 4.69) is 10.0 Å². The predicted molar refractivity (Wildman–Crippen MR) is 76.9 cm³/mol. The van der Waals surface area contributed by atoms with Gasteiger partial charge in [0.25, 0.3) is 10.0 Å². The monoisotopic (exact) mass is 286 g/mol. The first-order valence-corrected chi connectivity index (χ1v) is 7.57. The van der Waals surface area contributed by atoms with Gasteiger partial charge >= 0.3 is 0 Å². The lowest BCUT2D eigenvalue weighted by molar-refractivity contribution is 0.589. The van der Waals surface area contributed by atoms with Crippen LogP contribution in [0.2, 0.25) is 0 Å². The van der Waals surface area contributed by atoms with E-state index >= 15 is 0 Å². The number of thiocarbonyl (C=S) groups is 1. The SMILES string of the molecule is Cc1ccc(S(=O)(=O)NC(=S)NCC(C)C)cc1. The number of rotatable bonds is 4. The molecule has 0 aliphatic heterocycles. The molecule has 1 aromatic rings. The number of benzene rings is 1. The van der Waals surface area contributed by atoms with E-state index in [0.29, 0.717) is 12.5 Å². The second kappa shape index (κ2) is 6.15. The van der Waals surface area contributed by atoms with E-state index in [1.165, 1.54) is 0 Å². The summed E-state index contributed by atoms with van der Waals surface area (Å²) >= 11 is 4.94. The molecule has 0 fully saturated rings. The van der Waals surface area contributed by atoms with Crippen molar-refractivity contribution in [2.45, 2.75) is 25.7 Å². The molecule has 0 bridgehead atoms. The zero-order valence-electron chi connectivity index (χ0n) is 10.7. The van der Waals surface area contributed by atoms with Crippen LogP contribution in [0.25, 0.3) is 0 Å². The van der Waals surface area contributed by atoms with Crippen LogP contribution in [-0.2, 0) is 10.0 Å². The van der Waals surface area contributed by atoms with E-state index in [9.17, 15) is 8.42 Å². The molecule has 0 aromatic heterocycles. The molecule has 0 saturated heterocycles. The zero-order valence-corrected chi connectivity index (χ0v) is 12.4. The van der Waals surface area contributed by atoms with Crippen molar-refractivity contribution in [3.63, 3.8) is 0 Å². The highest BCUT2D eigenvalue weighted by molar-refractivity contribution is 7.91. The van der Waals surface area contributed by atoms with Crippen LogP contribution >= 0.6 is 12.2 Å². The second-order valence-electron chi connectivity index (χ2n) is 4.52. The average molecular weight is 286 g/mol. The van der Waals surface area contributed by atoms with Crippen molar-refractivity contribution in [2.75, 3.05) is 6.54 Å². The Morgan fingerprint density at radius 3 is 2.33 bits per heavy atom. The third kappa shape index (κ3) is 4.62. The van der Waals surface area contributed by atoms with Crippen molar-refractivity contribution < 1.29 is 8.42 Å². The molecule has 0 radical (unpaired) electrons. The zero-order chi connectivity index (χ0) is 13.8. The summed E-state index contributed by atoms with van der Waals surface area (Å²) in [4.78, 5) is 0.210. The smallest absolute Gasteiger partial charge is 0.263 e. The Morgan fingerprint density at radius 2 is 1.83 bits per heavy atom. The Kier molecular flexibility index (Phi) is 5.10. The van der Waals surface area contributed by atoms with Crippen molar-refractivity contribution in [3.05, 3.63) is 29.8 Å². The Morgan fingerprint density at radius 1 is 1.28 bits per heavy atom. The predicted octanol–water partition coefficient (Wildman–Crippen LogP) is 1.80. The first-order chi connectivity index (χ1) is 8.31. The fourth-order valence-electron chi connectivity index (χ4n) is 1.23. The first kappa shape index (κ1) is 14.9. The van der Waals surface area contributed by atoms with E-state index in [1.54, 1.807) is 24.3 Å². The highest BCUT2D eigenvalue weighted by Crippen LogP contribution is 2.09. The van der Waals surface area contributed by atoms with Gasteiger partial charge in [-0.2, -0.15) is 0 Å². The summed E-state index contributed by atoms with van der Waals surface area (Å²) in [5, 5.41) is 2.99. The number of sulfonamides is 1. The molecule has 100 valence electrons. The molecule has 1 aromatic carbocycles. The molecule has 0 atom stereocenters. The average Bonchev–Trinajstić information content (AvgIpc) is 2.26. The van der Waals surface area contributed by atoms with Crippen LogP contribution in [0.3, 0.4) is 0 Å². The van der Waals surface area contributed by atoms with Gasteiger partial charge in [0.1, 0.15) is 0 Å². The third-order valence-corrected chi connectivity index (χ3v) is 3.97. The molecule has 0 spiro atoms. The van der Waals surface area contributed by atoms with Gasteiger partial charge in [-0.3, -0.25) is 4.72 Å². The molecule has 0 amide bonds. The normalized spacial score (nSPS) is 11.3. The number of hydrogen-bond donors (Lipinski definition) is 2. The van der Waals surface area contributed by atoms with Gasteiger partial charge in [-0.25, -0.2) is 8.42 Å². The molecular weight excluding hydrogens is 268 g/mol. The van der Waals surface area contributed by atoms with Crippen molar-refractivity contribution >= 4 is 27.4 Å². The van der Waals surface area contributed by atoms with E-state index < -0.39 is 10.0 Å². The quantitative estimate of drug-likeness (QED) is 0.829. The minimum absolute atomic E-state index is 0.129. The van der Waals surface area contributed by atoms with Gasteiger partial charge in [0.2, 0.25) is 0 Å². The van der Waals surface area contributed by atoms with E-state index in [-0.39, 0.29) is 10.0 Å². The van der Waals surface area contributed by atoms with E-state index in [4.69, 9.17) is 12.2 Å². The van der Waals surface area contributed by atoms with Crippen LogP contribution in [-0.4, -0.2) is 20.1 Å². The fourth-order valence-corrected chi connectivity index (χ4v) is 2.57. The largest absolute Gasteiger partial charge is 0.362 e. The molecular formula is C12H18N2O2S2. The van der Waals surface area contributed by atoms with Crippen molar-refractivity contribution in [1.29, 1.82) is 0 Å². The van der Waals surface area contributed by atoms with Crippen molar-refractivity contribution in [3.8, 4) is 0 Å². The van der Waals surface area contributed by atoms with Crippen LogP contribution in [0.5, 0.6) is 0 Å². The number of nitrogens with one attached hydrogen (secondary N) is 2. The summed E-state index contributed by atoms with van der Waals surface area (Å²) in [6, 6.07) is 6.61. The Bertz CT molecular complexity index is 507. The Hall–Kier alpha value is -1.14. The standard InChI is InChI=1S/C12H18N2O2S2/c1-9(2)8-13-12(17)14-18(15,16)11-6-4-10(3)5-7-11/h4-7,9H,8H2,1-3H3,(H2,13,14,17). The van der Waals surface area contributed by atoms with Crippen LogP contribution in [0.4, 0.5) is 0 Å². The van der Waals surface area contributed by atoms with Gasteiger partial charge in [0, 0.05) is 6.54 Å². The fraction of sp³-hybridized carbons (Fsp3) is 0.417. The minimum atomic E-state index is -3.58. The van der Waals surface area contributed by atoms with Gasteiger partial charge in [-0.15, -0.1) is 0 Å². The summed E-state index contributed by atoms with van der Waals surface area (Å²) < 4.78 is 26.3. The third-order valence-electron chi connectivity index (χ3n) is 2.23. The van der Waals surface area contributed by atoms with Gasteiger partial charge in [0.15, 0.2) is 5.11 Å². The highest BCUT2D eigenvalue weighted by atomic mass is 32.2. The maximum absolute atomic E-state index is 12.0. The summed E-state index contributed by atoms with van der Waals surface area (Å²) in [6.45, 7) is 6.57. The summed E-state index contributed by atoms with van der Waals surface area (Å²) in [5.74, 6) is 0.395. The van der Waals surface area contributed by atoms with Gasteiger partial charge in [-0.05, 0) is 37.2 Å².